The largest absolute Gasteiger partial charge is 0.342 e. The molecule has 5 heteroatoms. The molecule has 1 amide bonds. The Morgan fingerprint density at radius 2 is 1.88 bits per heavy atom. The van der Waals surface area contributed by atoms with E-state index in [0.29, 0.717) is 6.42 Å². The van der Waals surface area contributed by atoms with E-state index in [2.05, 4.69) is 0 Å². The Bertz CT molecular complexity index is 276. The van der Waals surface area contributed by atoms with Crippen LogP contribution in [-0.4, -0.2) is 45.2 Å². The maximum Gasteiger partial charge on any atom is 0.235 e. The van der Waals surface area contributed by atoms with E-state index in [1.807, 2.05) is 18.7 Å². The zero-order valence-electron chi connectivity index (χ0n) is 10.9. The van der Waals surface area contributed by atoms with Gasteiger partial charge in [-0.3, -0.25) is 9.00 Å². The van der Waals surface area contributed by atoms with Crippen LogP contribution in [0.5, 0.6) is 0 Å². The molecule has 0 saturated carbocycles. The van der Waals surface area contributed by atoms with Crippen molar-refractivity contribution >= 4 is 16.7 Å². The SMILES string of the molecule is CC(N)CC(C)S(=O)CC(=O)N1CCCCC1. The Balaban J connectivity index is 2.36. The summed E-state index contributed by atoms with van der Waals surface area (Å²) in [5.41, 5.74) is 5.67. The summed E-state index contributed by atoms with van der Waals surface area (Å²) < 4.78 is 11.9. The molecule has 3 atom stereocenters. The van der Waals surface area contributed by atoms with Crippen LogP contribution < -0.4 is 5.73 Å². The third-order valence-corrected chi connectivity index (χ3v) is 4.75. The highest BCUT2D eigenvalue weighted by Gasteiger charge is 2.21. The molecule has 1 saturated heterocycles. The number of piperidine rings is 1. The Labute approximate surface area is 106 Å². The van der Waals surface area contributed by atoms with Crippen LogP contribution in [-0.2, 0) is 15.6 Å². The number of nitrogens with zero attached hydrogens (tertiary/aromatic N) is 1. The van der Waals surface area contributed by atoms with Gasteiger partial charge in [0.2, 0.25) is 5.91 Å². The molecule has 1 aliphatic rings. The van der Waals surface area contributed by atoms with Gasteiger partial charge in [0.25, 0.3) is 0 Å². The van der Waals surface area contributed by atoms with Gasteiger partial charge >= 0.3 is 0 Å². The third-order valence-electron chi connectivity index (χ3n) is 3.13. The van der Waals surface area contributed by atoms with Gasteiger partial charge in [-0.1, -0.05) is 6.92 Å². The summed E-state index contributed by atoms with van der Waals surface area (Å²) in [5.74, 6) is 0.202. The fourth-order valence-corrected chi connectivity index (χ4v) is 3.36. The van der Waals surface area contributed by atoms with Crippen molar-refractivity contribution in [3.63, 3.8) is 0 Å². The minimum absolute atomic E-state index is 0.00346. The van der Waals surface area contributed by atoms with Crippen LogP contribution in [0, 0.1) is 0 Å². The average Bonchev–Trinajstić information content (AvgIpc) is 2.29. The Hall–Kier alpha value is -0.420. The normalized spacial score (nSPS) is 21.9. The average molecular weight is 260 g/mol. The van der Waals surface area contributed by atoms with E-state index < -0.39 is 10.8 Å². The summed E-state index contributed by atoms with van der Waals surface area (Å²) in [4.78, 5) is 13.7. The fraction of sp³-hybridized carbons (Fsp3) is 0.917. The van der Waals surface area contributed by atoms with Gasteiger partial charge in [0, 0.05) is 35.2 Å². The van der Waals surface area contributed by atoms with Crippen LogP contribution in [0.1, 0.15) is 39.5 Å². The molecule has 0 aromatic carbocycles. The first-order chi connectivity index (χ1) is 8.00. The van der Waals surface area contributed by atoms with E-state index in [0.717, 1.165) is 25.9 Å². The molecule has 4 nitrogen and oxygen atoms in total. The molecule has 0 bridgehead atoms. The molecule has 1 fully saturated rings. The van der Waals surface area contributed by atoms with E-state index >= 15 is 0 Å². The highest BCUT2D eigenvalue weighted by molar-refractivity contribution is 7.86. The van der Waals surface area contributed by atoms with Gasteiger partial charge in [0.1, 0.15) is 5.75 Å². The quantitative estimate of drug-likeness (QED) is 0.798. The van der Waals surface area contributed by atoms with Crippen molar-refractivity contribution in [2.45, 2.75) is 50.8 Å². The summed E-state index contributed by atoms with van der Waals surface area (Å²) in [6.07, 6.45) is 4.06. The van der Waals surface area contributed by atoms with Crippen molar-refractivity contribution in [1.29, 1.82) is 0 Å². The zero-order chi connectivity index (χ0) is 12.8. The second-order valence-electron chi connectivity index (χ2n) is 4.99. The lowest BCUT2D eigenvalue weighted by Gasteiger charge is -2.27. The standard InChI is InChI=1S/C12H24N2O2S/c1-10(13)8-11(2)17(16)9-12(15)14-6-4-3-5-7-14/h10-11H,3-9,13H2,1-2H3. The molecule has 1 heterocycles. The Morgan fingerprint density at radius 1 is 1.29 bits per heavy atom. The summed E-state index contributed by atoms with van der Waals surface area (Å²) in [5, 5.41) is 0.00346. The van der Waals surface area contributed by atoms with Crippen molar-refractivity contribution in [3.05, 3.63) is 0 Å². The summed E-state index contributed by atoms with van der Waals surface area (Å²) >= 11 is 0. The van der Waals surface area contributed by atoms with E-state index in [1.165, 1.54) is 6.42 Å². The Morgan fingerprint density at radius 3 is 2.41 bits per heavy atom. The molecular weight excluding hydrogens is 236 g/mol. The molecule has 3 unspecified atom stereocenters. The number of nitrogens with two attached hydrogens (primary N) is 1. The van der Waals surface area contributed by atoms with Gasteiger partial charge in [-0.05, 0) is 32.6 Å². The monoisotopic (exact) mass is 260 g/mol. The second-order valence-corrected chi connectivity index (χ2v) is 6.85. The van der Waals surface area contributed by atoms with Crippen molar-refractivity contribution < 1.29 is 9.00 Å². The number of carbonyl (C=O) groups is 1. The number of carbonyl (C=O) groups excluding carboxylic acids is 1. The molecule has 0 aliphatic carbocycles. The van der Waals surface area contributed by atoms with Crippen molar-refractivity contribution in [2.75, 3.05) is 18.8 Å². The molecule has 0 radical (unpaired) electrons. The lowest BCUT2D eigenvalue weighted by molar-refractivity contribution is -0.129. The van der Waals surface area contributed by atoms with E-state index in [-0.39, 0.29) is 23.0 Å². The maximum absolute atomic E-state index is 11.9. The minimum atomic E-state index is -1.09. The topological polar surface area (TPSA) is 63.4 Å². The highest BCUT2D eigenvalue weighted by atomic mass is 32.2. The minimum Gasteiger partial charge on any atom is -0.342 e. The predicted octanol–water partition coefficient (Wildman–Crippen LogP) is 0.873. The number of amides is 1. The second kappa shape index (κ2) is 7.11. The third kappa shape index (κ3) is 5.17. The van der Waals surface area contributed by atoms with Crippen LogP contribution in [0.15, 0.2) is 0 Å². The number of hydrogen-bond acceptors (Lipinski definition) is 3. The molecule has 0 aromatic rings. The molecular formula is C12H24N2O2S. The first kappa shape index (κ1) is 14.6. The van der Waals surface area contributed by atoms with Crippen LogP contribution >= 0.6 is 0 Å². The summed E-state index contributed by atoms with van der Waals surface area (Å²) in [7, 11) is -1.09. The van der Waals surface area contributed by atoms with Gasteiger partial charge < -0.3 is 10.6 Å². The van der Waals surface area contributed by atoms with Gasteiger partial charge in [-0.2, -0.15) is 0 Å². The number of hydrogen-bond donors (Lipinski definition) is 1. The lowest BCUT2D eigenvalue weighted by atomic mass is 10.1. The van der Waals surface area contributed by atoms with Crippen LogP contribution in [0.25, 0.3) is 0 Å². The van der Waals surface area contributed by atoms with Gasteiger partial charge in [-0.25, -0.2) is 0 Å². The summed E-state index contributed by atoms with van der Waals surface area (Å²) in [6, 6.07) is 0.0408. The van der Waals surface area contributed by atoms with Gasteiger partial charge in [0.15, 0.2) is 0 Å². The molecule has 2 N–H and O–H groups in total. The van der Waals surface area contributed by atoms with Crippen LogP contribution in [0.3, 0.4) is 0 Å². The smallest absolute Gasteiger partial charge is 0.235 e. The van der Waals surface area contributed by atoms with Crippen molar-refractivity contribution in [3.8, 4) is 0 Å². The van der Waals surface area contributed by atoms with E-state index in [4.69, 9.17) is 5.73 Å². The van der Waals surface area contributed by atoms with E-state index in [9.17, 15) is 9.00 Å². The van der Waals surface area contributed by atoms with Gasteiger partial charge in [0.05, 0.1) is 0 Å². The van der Waals surface area contributed by atoms with Crippen LogP contribution in [0.2, 0.25) is 0 Å². The number of likely N-dealkylation sites (tertiary alicyclic amines) is 1. The van der Waals surface area contributed by atoms with Crippen LogP contribution in [0.4, 0.5) is 0 Å². The van der Waals surface area contributed by atoms with Crippen molar-refractivity contribution in [2.24, 2.45) is 5.73 Å². The molecule has 1 aliphatic heterocycles. The van der Waals surface area contributed by atoms with Crippen molar-refractivity contribution in [1.82, 2.24) is 4.90 Å². The molecule has 100 valence electrons. The predicted molar refractivity (Wildman–Crippen MR) is 71.2 cm³/mol. The number of rotatable bonds is 5. The highest BCUT2D eigenvalue weighted by Crippen LogP contribution is 2.11. The molecule has 17 heavy (non-hydrogen) atoms. The first-order valence-electron chi connectivity index (χ1n) is 6.41. The lowest BCUT2D eigenvalue weighted by Crippen LogP contribution is -2.39. The maximum atomic E-state index is 11.9. The fourth-order valence-electron chi connectivity index (χ4n) is 2.13. The summed E-state index contributed by atoms with van der Waals surface area (Å²) in [6.45, 7) is 5.47. The Kier molecular flexibility index (Phi) is 6.12. The zero-order valence-corrected chi connectivity index (χ0v) is 11.7. The molecule has 1 rings (SSSR count). The molecule has 0 spiro atoms. The molecule has 0 aromatic heterocycles. The first-order valence-corrected chi connectivity index (χ1v) is 7.79. The van der Waals surface area contributed by atoms with E-state index in [1.54, 1.807) is 0 Å². The van der Waals surface area contributed by atoms with Gasteiger partial charge in [-0.15, -0.1) is 0 Å².